The normalized spacial score (nSPS) is 8.77. The molecule has 0 saturated carbocycles. The average molecular weight is 171 g/mol. The predicted octanol–water partition coefficient (Wildman–Crippen LogP) is 2.45. The van der Waals surface area contributed by atoms with Gasteiger partial charge in [0.25, 0.3) is 0 Å². The lowest BCUT2D eigenvalue weighted by atomic mass is 10.1. The molecule has 0 aromatic heterocycles. The monoisotopic (exact) mass is 171 g/mol. The highest BCUT2D eigenvalue weighted by atomic mass is 14.6. The lowest BCUT2D eigenvalue weighted by molar-refractivity contribution is 1.15. The first kappa shape index (κ1) is 9.01. The zero-order valence-electron chi connectivity index (χ0n) is 7.01. The molecule has 0 fully saturated rings. The minimum absolute atomic E-state index is 0.850. The predicted molar refractivity (Wildman–Crippen MR) is 51.8 cm³/mol. The molecule has 2 aromatic rings. The molecule has 0 atom stereocenters. The zero-order chi connectivity index (χ0) is 9.68. The van der Waals surface area contributed by atoms with Gasteiger partial charge in [-0.2, -0.15) is 0 Å². The number of rotatable bonds is 0. The van der Waals surface area contributed by atoms with Gasteiger partial charge in [-0.1, -0.05) is 36.4 Å². The Kier molecular flexibility index (Phi) is 2.82. The third-order valence-corrected chi connectivity index (χ3v) is 1.82. The van der Waals surface area contributed by atoms with E-state index in [9.17, 15) is 0 Å². The van der Waals surface area contributed by atoms with E-state index in [0.717, 1.165) is 11.1 Å². The molecule has 0 amide bonds. The van der Waals surface area contributed by atoms with Crippen LogP contribution in [0.3, 0.4) is 0 Å². The van der Waals surface area contributed by atoms with E-state index in [1.807, 2.05) is 30.3 Å². The molecule has 0 aliphatic carbocycles. The molecule has 2 aromatic carbocycles. The van der Waals surface area contributed by atoms with Gasteiger partial charge in [0.15, 0.2) is 0 Å². The summed E-state index contributed by atoms with van der Waals surface area (Å²) in [5, 5.41) is 14.3. The van der Waals surface area contributed by atoms with Crippen LogP contribution in [0.25, 0.3) is 10.8 Å². The minimum atomic E-state index is 0.850. The molecular formula is C10H9N3. The van der Waals surface area contributed by atoms with E-state index in [0.29, 0.717) is 0 Å². The van der Waals surface area contributed by atoms with Gasteiger partial charge >= 0.3 is 0 Å². The second kappa shape index (κ2) is 4.07. The molecule has 64 valence electrons. The van der Waals surface area contributed by atoms with Crippen molar-refractivity contribution in [2.24, 2.45) is 0 Å². The summed E-state index contributed by atoms with van der Waals surface area (Å²) in [6.07, 6.45) is 0. The molecule has 13 heavy (non-hydrogen) atoms. The van der Waals surface area contributed by atoms with Gasteiger partial charge in [-0.3, -0.25) is 0 Å². The highest BCUT2D eigenvalue weighted by molar-refractivity contribution is 5.92. The molecular weight excluding hydrogens is 162 g/mol. The number of fused-ring (bicyclic) bond motifs is 1. The van der Waals surface area contributed by atoms with Gasteiger partial charge in [-0.15, -0.1) is 0 Å². The Bertz CT molecular complexity index is 415. The molecule has 3 nitrogen and oxygen atoms in total. The van der Waals surface area contributed by atoms with Crippen LogP contribution in [0.15, 0.2) is 42.5 Å². The Hall–Kier alpha value is -2.08. The topological polar surface area (TPSA) is 73.6 Å². The lowest BCUT2D eigenvalue weighted by Gasteiger charge is -1.98. The fourth-order valence-electron chi connectivity index (χ4n) is 1.25. The molecule has 0 heterocycles. The second-order valence-corrected chi connectivity index (χ2v) is 2.57. The summed E-state index contributed by atoms with van der Waals surface area (Å²) < 4.78 is 0. The molecule has 0 aliphatic rings. The van der Waals surface area contributed by atoms with Gasteiger partial charge < -0.3 is 5.73 Å². The molecule has 0 aliphatic heterocycles. The van der Waals surface area contributed by atoms with Gasteiger partial charge in [-0.25, -0.2) is 0 Å². The van der Waals surface area contributed by atoms with Crippen molar-refractivity contribution < 1.29 is 0 Å². The van der Waals surface area contributed by atoms with Crippen molar-refractivity contribution >= 4 is 16.5 Å². The Labute approximate surface area is 76.2 Å². The molecule has 0 saturated heterocycles. The molecule has 2 N–H and O–H groups in total. The summed E-state index contributed by atoms with van der Waals surface area (Å²) in [4.78, 5) is 0. The molecule has 0 spiro atoms. The van der Waals surface area contributed by atoms with Crippen molar-refractivity contribution in [3.8, 4) is 0 Å². The van der Waals surface area contributed by atoms with Gasteiger partial charge in [0, 0.05) is 21.9 Å². The second-order valence-electron chi connectivity index (χ2n) is 2.57. The van der Waals surface area contributed by atoms with Crippen LogP contribution in [0.1, 0.15) is 0 Å². The first-order valence-corrected chi connectivity index (χ1v) is 3.81. The highest BCUT2D eigenvalue weighted by Gasteiger charge is 1.92. The first-order chi connectivity index (χ1) is 6.38. The van der Waals surface area contributed by atoms with Gasteiger partial charge in [0.05, 0.1) is 0 Å². The lowest BCUT2D eigenvalue weighted by Crippen LogP contribution is -1.84. The van der Waals surface area contributed by atoms with E-state index in [2.05, 4.69) is 12.1 Å². The molecule has 0 bridgehead atoms. The van der Waals surface area contributed by atoms with E-state index in [-0.39, 0.29) is 0 Å². The van der Waals surface area contributed by atoms with E-state index >= 15 is 0 Å². The summed E-state index contributed by atoms with van der Waals surface area (Å²) in [7, 11) is 0. The summed E-state index contributed by atoms with van der Waals surface area (Å²) in [5.41, 5.74) is 6.61. The van der Waals surface area contributed by atoms with E-state index < -0.39 is 0 Å². The standard InChI is InChI=1S/C10H9N.N2/c11-10-7-3-5-8-4-1-2-6-9(8)10;1-2/h1-7H,11H2;. The van der Waals surface area contributed by atoms with Crippen molar-refractivity contribution in [1.29, 1.82) is 10.8 Å². The van der Waals surface area contributed by atoms with Crippen molar-refractivity contribution in [3.63, 3.8) is 0 Å². The smallest absolute Gasteiger partial charge is 0.0393 e. The van der Waals surface area contributed by atoms with Gasteiger partial charge in [0.2, 0.25) is 0 Å². The summed E-state index contributed by atoms with van der Waals surface area (Å²) >= 11 is 0. The van der Waals surface area contributed by atoms with Crippen LogP contribution >= 0.6 is 0 Å². The number of hydrogen-bond donors (Lipinski definition) is 1. The van der Waals surface area contributed by atoms with Crippen molar-refractivity contribution in [3.05, 3.63) is 42.5 Å². The molecule has 3 heteroatoms. The quantitative estimate of drug-likeness (QED) is 0.488. The van der Waals surface area contributed by atoms with E-state index in [1.165, 1.54) is 5.39 Å². The Balaban J connectivity index is 0.000000396. The minimum Gasteiger partial charge on any atom is -0.398 e. The summed E-state index contributed by atoms with van der Waals surface area (Å²) in [6.45, 7) is 0. The van der Waals surface area contributed by atoms with Crippen molar-refractivity contribution in [1.82, 2.24) is 0 Å². The number of anilines is 1. The zero-order valence-corrected chi connectivity index (χ0v) is 7.01. The number of hydrogen-bond acceptors (Lipinski definition) is 3. The number of benzene rings is 2. The van der Waals surface area contributed by atoms with Crippen molar-refractivity contribution in [2.75, 3.05) is 5.73 Å². The SMILES string of the molecule is N#N.Nc1cccc2ccccc12. The van der Waals surface area contributed by atoms with Crippen LogP contribution in [0.4, 0.5) is 5.69 Å². The first-order valence-electron chi connectivity index (χ1n) is 3.81. The summed E-state index contributed by atoms with van der Waals surface area (Å²) in [5.74, 6) is 0. The fourth-order valence-corrected chi connectivity index (χ4v) is 1.25. The van der Waals surface area contributed by atoms with Crippen molar-refractivity contribution in [2.45, 2.75) is 0 Å². The van der Waals surface area contributed by atoms with Crippen LogP contribution < -0.4 is 5.73 Å². The van der Waals surface area contributed by atoms with Crippen LogP contribution in [0.2, 0.25) is 0 Å². The average Bonchev–Trinajstić information content (AvgIpc) is 2.22. The Morgan fingerprint density at radius 2 is 1.46 bits per heavy atom. The van der Waals surface area contributed by atoms with Gasteiger partial charge in [0.1, 0.15) is 0 Å². The molecule has 0 unspecified atom stereocenters. The fraction of sp³-hybridized carbons (Fsp3) is 0. The maximum Gasteiger partial charge on any atom is 0.0393 e. The molecule has 2 rings (SSSR count). The molecule has 0 radical (unpaired) electrons. The third-order valence-electron chi connectivity index (χ3n) is 1.82. The van der Waals surface area contributed by atoms with Crippen LogP contribution in [-0.4, -0.2) is 0 Å². The summed E-state index contributed by atoms with van der Waals surface area (Å²) in [6, 6.07) is 14.1. The number of nitrogens with zero attached hydrogens (tertiary/aromatic N) is 2. The van der Waals surface area contributed by atoms with Gasteiger partial charge in [-0.05, 0) is 11.5 Å². The van der Waals surface area contributed by atoms with Crippen LogP contribution in [0, 0.1) is 10.8 Å². The largest absolute Gasteiger partial charge is 0.398 e. The number of nitrogens with two attached hydrogens (primary N) is 1. The highest BCUT2D eigenvalue weighted by Crippen LogP contribution is 2.19. The maximum absolute atomic E-state index is 6.00. The van der Waals surface area contributed by atoms with Crippen LogP contribution in [-0.2, 0) is 0 Å². The Morgan fingerprint density at radius 3 is 2.15 bits per heavy atom. The number of nitrogen functional groups attached to an aromatic ring is 1. The third kappa shape index (κ3) is 1.74. The van der Waals surface area contributed by atoms with E-state index in [4.69, 9.17) is 16.5 Å². The maximum atomic E-state index is 6.00. The van der Waals surface area contributed by atoms with E-state index in [1.54, 1.807) is 0 Å². The van der Waals surface area contributed by atoms with Crippen LogP contribution in [0.5, 0.6) is 0 Å². The Morgan fingerprint density at radius 1 is 0.846 bits per heavy atom.